The lowest BCUT2D eigenvalue weighted by Gasteiger charge is -2.17. The highest BCUT2D eigenvalue weighted by molar-refractivity contribution is 7.15. The van der Waals surface area contributed by atoms with Crippen molar-refractivity contribution < 1.29 is 23.1 Å². The smallest absolute Gasteiger partial charge is 0.387 e. The molecule has 0 saturated heterocycles. The van der Waals surface area contributed by atoms with Crippen LogP contribution in [0.4, 0.5) is 13.2 Å². The molecule has 2 aromatic heterocycles. The van der Waals surface area contributed by atoms with Crippen LogP contribution in [-0.2, 0) is 17.4 Å². The number of alkyl halides is 3. The molecule has 132 valence electrons. The maximum Gasteiger partial charge on any atom is 0.416 e. The maximum atomic E-state index is 13.0. The Bertz CT molecular complexity index is 860. The van der Waals surface area contributed by atoms with E-state index >= 15 is 0 Å². The molecule has 1 unspecified atom stereocenters. The summed E-state index contributed by atoms with van der Waals surface area (Å²) in [6.07, 6.45) is -2.51. The first-order valence-corrected chi connectivity index (χ1v) is 8.24. The molecular weight excluding hydrogens is 355 g/mol. The van der Waals surface area contributed by atoms with Crippen molar-refractivity contribution in [1.82, 2.24) is 14.7 Å². The quantitative estimate of drug-likeness (QED) is 0.727. The van der Waals surface area contributed by atoms with Gasteiger partial charge in [0.1, 0.15) is 0 Å². The Labute approximate surface area is 144 Å². The summed E-state index contributed by atoms with van der Waals surface area (Å²) >= 11 is 1.43. The molecule has 2 N–H and O–H groups in total. The van der Waals surface area contributed by atoms with Gasteiger partial charge in [-0.15, -0.1) is 11.3 Å². The molecule has 0 aliphatic heterocycles. The van der Waals surface area contributed by atoms with E-state index in [2.05, 4.69) is 10.3 Å². The van der Waals surface area contributed by atoms with Crippen molar-refractivity contribution in [2.75, 3.05) is 6.54 Å². The first-order chi connectivity index (χ1) is 11.8. The van der Waals surface area contributed by atoms with Crippen molar-refractivity contribution in [2.45, 2.75) is 18.7 Å². The van der Waals surface area contributed by atoms with E-state index in [4.69, 9.17) is 0 Å². The third-order valence-corrected chi connectivity index (χ3v) is 4.37. The van der Waals surface area contributed by atoms with Crippen LogP contribution in [0.25, 0.3) is 4.96 Å². The SMILES string of the molecule is O=C(Cc1cn2ccsc2n1)NCC(O)c1ccccc1C(F)(F)F. The molecule has 0 fully saturated rings. The summed E-state index contributed by atoms with van der Waals surface area (Å²) in [5, 5.41) is 14.3. The molecule has 0 bridgehead atoms. The zero-order valence-electron chi connectivity index (χ0n) is 12.8. The van der Waals surface area contributed by atoms with Gasteiger partial charge in [0, 0.05) is 24.3 Å². The van der Waals surface area contributed by atoms with Gasteiger partial charge in [-0.25, -0.2) is 4.98 Å². The minimum absolute atomic E-state index is 0.0119. The molecule has 0 radical (unpaired) electrons. The number of fused-ring (bicyclic) bond motifs is 1. The van der Waals surface area contributed by atoms with E-state index in [1.165, 1.54) is 29.5 Å². The number of rotatable bonds is 5. The molecule has 2 heterocycles. The van der Waals surface area contributed by atoms with Gasteiger partial charge in [-0.3, -0.25) is 9.20 Å². The number of benzene rings is 1. The van der Waals surface area contributed by atoms with Crippen molar-refractivity contribution in [3.8, 4) is 0 Å². The zero-order valence-corrected chi connectivity index (χ0v) is 13.6. The number of aromatic nitrogens is 2. The summed E-state index contributed by atoms with van der Waals surface area (Å²) in [5.74, 6) is -0.422. The number of hydrogen-bond donors (Lipinski definition) is 2. The van der Waals surface area contributed by atoms with Gasteiger partial charge in [0.2, 0.25) is 5.91 Å². The molecule has 0 spiro atoms. The van der Waals surface area contributed by atoms with Crippen LogP contribution in [0.2, 0.25) is 0 Å². The number of aliphatic hydroxyl groups is 1. The Morgan fingerprint density at radius 3 is 2.84 bits per heavy atom. The Balaban J connectivity index is 1.61. The standard InChI is InChI=1S/C16H14F3N3O2S/c17-16(18,19)12-4-2-1-3-11(12)13(23)8-20-14(24)7-10-9-22-5-6-25-15(22)21-10/h1-6,9,13,23H,7-8H2,(H,20,24). The second-order valence-electron chi connectivity index (χ2n) is 5.41. The fourth-order valence-corrected chi connectivity index (χ4v) is 3.17. The van der Waals surface area contributed by atoms with E-state index in [0.717, 1.165) is 11.0 Å². The van der Waals surface area contributed by atoms with Gasteiger partial charge in [-0.05, 0) is 11.6 Å². The first kappa shape index (κ1) is 17.4. The lowest BCUT2D eigenvalue weighted by molar-refractivity contribution is -0.139. The normalized spacial score (nSPS) is 13.1. The number of amides is 1. The highest BCUT2D eigenvalue weighted by atomic mass is 32.1. The highest BCUT2D eigenvalue weighted by Crippen LogP contribution is 2.34. The van der Waals surface area contributed by atoms with Gasteiger partial charge in [0.25, 0.3) is 0 Å². The predicted molar refractivity (Wildman–Crippen MR) is 86.2 cm³/mol. The van der Waals surface area contributed by atoms with E-state index < -0.39 is 23.8 Å². The minimum atomic E-state index is -4.57. The number of carbonyl (C=O) groups is 1. The van der Waals surface area contributed by atoms with Crippen LogP contribution in [0.15, 0.2) is 42.0 Å². The number of carbonyl (C=O) groups excluding carboxylic acids is 1. The van der Waals surface area contributed by atoms with Crippen molar-refractivity contribution >= 4 is 22.2 Å². The average molecular weight is 369 g/mol. The minimum Gasteiger partial charge on any atom is -0.387 e. The summed E-state index contributed by atoms with van der Waals surface area (Å²) < 4.78 is 40.7. The molecule has 1 amide bonds. The van der Waals surface area contributed by atoms with Crippen LogP contribution in [-0.4, -0.2) is 26.9 Å². The molecule has 3 aromatic rings. The molecule has 0 aliphatic rings. The topological polar surface area (TPSA) is 66.6 Å². The number of nitrogens with one attached hydrogen (secondary N) is 1. The van der Waals surface area contributed by atoms with Crippen LogP contribution in [0.1, 0.15) is 22.9 Å². The molecule has 1 atom stereocenters. The van der Waals surface area contributed by atoms with Crippen molar-refractivity contribution in [3.05, 3.63) is 58.9 Å². The first-order valence-electron chi connectivity index (χ1n) is 7.36. The van der Waals surface area contributed by atoms with E-state index in [0.29, 0.717) is 5.69 Å². The van der Waals surface area contributed by atoms with E-state index in [9.17, 15) is 23.1 Å². The summed E-state index contributed by atoms with van der Waals surface area (Å²) in [5.41, 5.74) is -0.626. The summed E-state index contributed by atoms with van der Waals surface area (Å²) in [4.78, 5) is 16.9. The summed E-state index contributed by atoms with van der Waals surface area (Å²) in [6.45, 7) is -0.311. The second kappa shape index (κ2) is 6.85. The van der Waals surface area contributed by atoms with E-state index in [-0.39, 0.29) is 18.5 Å². The van der Waals surface area contributed by atoms with Crippen LogP contribution in [0, 0.1) is 0 Å². The van der Waals surface area contributed by atoms with E-state index in [1.807, 2.05) is 11.6 Å². The largest absolute Gasteiger partial charge is 0.416 e. The predicted octanol–water partition coefficient (Wildman–Crippen LogP) is 2.81. The monoisotopic (exact) mass is 369 g/mol. The molecule has 5 nitrogen and oxygen atoms in total. The number of nitrogens with zero attached hydrogens (tertiary/aromatic N) is 2. The van der Waals surface area contributed by atoms with Crippen LogP contribution in [0.5, 0.6) is 0 Å². The third-order valence-electron chi connectivity index (χ3n) is 3.60. The van der Waals surface area contributed by atoms with Crippen molar-refractivity contribution in [2.24, 2.45) is 0 Å². The number of imidazole rings is 1. The molecule has 1 aromatic carbocycles. The molecule has 3 rings (SSSR count). The fraction of sp³-hybridized carbons (Fsp3) is 0.250. The van der Waals surface area contributed by atoms with Crippen molar-refractivity contribution in [1.29, 1.82) is 0 Å². The molecule has 25 heavy (non-hydrogen) atoms. The van der Waals surface area contributed by atoms with Crippen LogP contribution >= 0.6 is 11.3 Å². The zero-order chi connectivity index (χ0) is 18.0. The fourth-order valence-electron chi connectivity index (χ4n) is 2.45. The molecule has 0 aliphatic carbocycles. The maximum absolute atomic E-state index is 13.0. The summed E-state index contributed by atoms with van der Waals surface area (Å²) in [7, 11) is 0. The molecule has 0 saturated carbocycles. The number of halogens is 3. The van der Waals surface area contributed by atoms with Crippen molar-refractivity contribution in [3.63, 3.8) is 0 Å². The second-order valence-corrected chi connectivity index (χ2v) is 6.28. The lowest BCUT2D eigenvalue weighted by atomic mass is 10.0. The van der Waals surface area contributed by atoms with Gasteiger partial charge in [0.15, 0.2) is 4.96 Å². The Morgan fingerprint density at radius 2 is 2.12 bits per heavy atom. The number of thiazole rings is 1. The lowest BCUT2D eigenvalue weighted by Crippen LogP contribution is -2.30. The van der Waals surface area contributed by atoms with Gasteiger partial charge >= 0.3 is 6.18 Å². The third kappa shape index (κ3) is 3.99. The number of hydrogen-bond acceptors (Lipinski definition) is 4. The Morgan fingerprint density at radius 1 is 1.36 bits per heavy atom. The van der Waals surface area contributed by atoms with E-state index in [1.54, 1.807) is 10.6 Å². The Hall–Kier alpha value is -2.39. The highest BCUT2D eigenvalue weighted by Gasteiger charge is 2.34. The Kier molecular flexibility index (Phi) is 4.78. The number of aliphatic hydroxyl groups excluding tert-OH is 1. The van der Waals surface area contributed by atoms with Gasteiger partial charge in [-0.2, -0.15) is 13.2 Å². The average Bonchev–Trinajstić information content (AvgIpc) is 3.13. The van der Waals surface area contributed by atoms with Gasteiger partial charge in [-0.1, -0.05) is 18.2 Å². The molecular formula is C16H14F3N3O2S. The van der Waals surface area contributed by atoms with Crippen LogP contribution < -0.4 is 5.32 Å². The molecule has 9 heteroatoms. The summed E-state index contributed by atoms with van der Waals surface area (Å²) in [6, 6.07) is 4.76. The van der Waals surface area contributed by atoms with Crippen LogP contribution in [0.3, 0.4) is 0 Å². The van der Waals surface area contributed by atoms with Gasteiger partial charge < -0.3 is 10.4 Å². The van der Waals surface area contributed by atoms with Gasteiger partial charge in [0.05, 0.1) is 23.8 Å².